The quantitative estimate of drug-likeness (QED) is 0.427. The average Bonchev–Trinajstić information content (AvgIpc) is 1.84. The van der Waals surface area contributed by atoms with Crippen LogP contribution in [0, 0.1) is 0 Å². The number of nitrogens with one attached hydrogen (secondary N) is 2. The maximum Gasteiger partial charge on any atom is 0.243 e. The second-order valence-corrected chi connectivity index (χ2v) is 2.46. The Kier molecular flexibility index (Phi) is 1.72. The Balaban J connectivity index is 2.63. The van der Waals surface area contributed by atoms with E-state index >= 15 is 0 Å². The molecule has 4 nitrogen and oxygen atoms in total. The summed E-state index contributed by atoms with van der Waals surface area (Å²) in [7, 11) is 0. The average molecular weight is 142 g/mol. The molecule has 1 fully saturated rings. The molecule has 1 rings (SSSR count). The van der Waals surface area contributed by atoms with Gasteiger partial charge < -0.3 is 0 Å². The van der Waals surface area contributed by atoms with Crippen LogP contribution in [-0.2, 0) is 9.59 Å². The van der Waals surface area contributed by atoms with Gasteiger partial charge in [-0.1, -0.05) is 0 Å². The molecule has 0 saturated carbocycles. The summed E-state index contributed by atoms with van der Waals surface area (Å²) in [6.45, 7) is 3.44. The summed E-state index contributed by atoms with van der Waals surface area (Å²) < 4.78 is 0. The topological polar surface area (TPSA) is 58.2 Å². The second-order valence-electron chi connectivity index (χ2n) is 2.46. The Morgan fingerprint density at radius 2 is 1.50 bits per heavy atom. The summed E-state index contributed by atoms with van der Waals surface area (Å²) in [6, 6.07) is -0.514. The van der Waals surface area contributed by atoms with Crippen LogP contribution >= 0.6 is 0 Å². The zero-order valence-corrected chi connectivity index (χ0v) is 5.97. The fourth-order valence-electron chi connectivity index (χ4n) is 0.864. The Morgan fingerprint density at radius 3 is 1.80 bits per heavy atom. The van der Waals surface area contributed by atoms with Gasteiger partial charge in [-0.05, 0) is 13.8 Å². The lowest BCUT2D eigenvalue weighted by Crippen LogP contribution is -2.59. The molecule has 2 unspecified atom stereocenters. The second kappa shape index (κ2) is 2.38. The summed E-state index contributed by atoms with van der Waals surface area (Å²) in [5.41, 5.74) is 0. The van der Waals surface area contributed by atoms with E-state index in [0.29, 0.717) is 0 Å². The largest absolute Gasteiger partial charge is 0.295 e. The van der Waals surface area contributed by atoms with Gasteiger partial charge in [-0.2, -0.15) is 0 Å². The van der Waals surface area contributed by atoms with E-state index in [9.17, 15) is 9.59 Å². The lowest BCUT2D eigenvalue weighted by Gasteiger charge is -2.24. The Morgan fingerprint density at radius 1 is 1.10 bits per heavy atom. The van der Waals surface area contributed by atoms with E-state index in [1.54, 1.807) is 13.8 Å². The zero-order valence-electron chi connectivity index (χ0n) is 5.97. The van der Waals surface area contributed by atoms with Gasteiger partial charge in [0.2, 0.25) is 11.8 Å². The first-order valence-corrected chi connectivity index (χ1v) is 3.22. The van der Waals surface area contributed by atoms with Crippen molar-refractivity contribution < 1.29 is 9.59 Å². The smallest absolute Gasteiger partial charge is 0.243 e. The van der Waals surface area contributed by atoms with Gasteiger partial charge in [0.15, 0.2) is 0 Å². The highest BCUT2D eigenvalue weighted by molar-refractivity contribution is 6.02. The molecule has 0 aromatic heterocycles. The van der Waals surface area contributed by atoms with E-state index in [4.69, 9.17) is 0 Å². The molecule has 1 saturated heterocycles. The van der Waals surface area contributed by atoms with Crippen molar-refractivity contribution in [2.24, 2.45) is 0 Å². The van der Waals surface area contributed by atoms with Crippen LogP contribution < -0.4 is 10.6 Å². The van der Waals surface area contributed by atoms with E-state index in [1.165, 1.54) is 0 Å². The van der Waals surface area contributed by atoms with Crippen molar-refractivity contribution >= 4 is 11.8 Å². The molecule has 2 N–H and O–H groups in total. The van der Waals surface area contributed by atoms with Crippen LogP contribution in [0.2, 0.25) is 0 Å². The molecule has 1 heterocycles. The number of carbonyl (C=O) groups is 2. The van der Waals surface area contributed by atoms with Crippen LogP contribution in [-0.4, -0.2) is 23.9 Å². The van der Waals surface area contributed by atoms with Crippen LogP contribution in [0.4, 0.5) is 0 Å². The van der Waals surface area contributed by atoms with E-state index in [1.807, 2.05) is 0 Å². The molecule has 2 atom stereocenters. The molecule has 0 radical (unpaired) electrons. The van der Waals surface area contributed by atoms with Crippen LogP contribution in [0.15, 0.2) is 0 Å². The highest BCUT2D eigenvalue weighted by atomic mass is 16.2. The number of carbonyl (C=O) groups excluding carboxylic acids is 2. The van der Waals surface area contributed by atoms with Crippen molar-refractivity contribution in [3.8, 4) is 0 Å². The number of amides is 2. The molecule has 0 aromatic rings. The first-order valence-electron chi connectivity index (χ1n) is 3.22. The summed E-state index contributed by atoms with van der Waals surface area (Å²) in [5, 5.41) is 5.06. The molecular weight excluding hydrogens is 132 g/mol. The summed E-state index contributed by atoms with van der Waals surface area (Å²) in [6.07, 6.45) is 0. The number of hydrogen-bond donors (Lipinski definition) is 2. The van der Waals surface area contributed by atoms with Gasteiger partial charge in [0, 0.05) is 0 Å². The third-order valence-electron chi connectivity index (χ3n) is 1.53. The van der Waals surface area contributed by atoms with Gasteiger partial charge in [-0.3, -0.25) is 20.2 Å². The maximum absolute atomic E-state index is 10.8. The standard InChI is InChI=1S/C6H10N2O2/c1-3-5(9)8-6(10)4(2)7-3/h3-4,7H,1-2H3,(H,8,9,10). The lowest BCUT2D eigenvalue weighted by atomic mass is 10.2. The minimum atomic E-state index is -0.257. The summed E-state index contributed by atoms with van der Waals surface area (Å²) >= 11 is 0. The van der Waals surface area contributed by atoms with Gasteiger partial charge in [0.25, 0.3) is 0 Å². The van der Waals surface area contributed by atoms with Crippen LogP contribution in [0.1, 0.15) is 13.8 Å². The molecule has 4 heteroatoms. The molecule has 1 aliphatic rings. The van der Waals surface area contributed by atoms with Gasteiger partial charge in [-0.25, -0.2) is 0 Å². The molecule has 0 aromatic carbocycles. The van der Waals surface area contributed by atoms with Crippen molar-refractivity contribution in [2.75, 3.05) is 0 Å². The predicted octanol–water partition coefficient (Wildman–Crippen LogP) is -0.991. The fraction of sp³-hybridized carbons (Fsp3) is 0.667. The van der Waals surface area contributed by atoms with Crippen molar-refractivity contribution in [1.29, 1.82) is 0 Å². The third kappa shape index (κ3) is 1.16. The molecular formula is C6H10N2O2. The van der Waals surface area contributed by atoms with Crippen LogP contribution in [0.3, 0.4) is 0 Å². The number of hydrogen-bond acceptors (Lipinski definition) is 3. The molecule has 0 aliphatic carbocycles. The first kappa shape index (κ1) is 7.21. The SMILES string of the molecule is CC1NC(C)C(=O)NC1=O. The van der Waals surface area contributed by atoms with Gasteiger partial charge in [0.1, 0.15) is 0 Å². The highest BCUT2D eigenvalue weighted by Gasteiger charge is 2.27. The molecule has 0 spiro atoms. The van der Waals surface area contributed by atoms with Crippen LogP contribution in [0.25, 0.3) is 0 Å². The molecule has 1 aliphatic heterocycles. The van der Waals surface area contributed by atoms with Crippen LogP contribution in [0.5, 0.6) is 0 Å². The van der Waals surface area contributed by atoms with Crippen molar-refractivity contribution in [1.82, 2.24) is 10.6 Å². The molecule has 56 valence electrons. The number of imide groups is 1. The third-order valence-corrected chi connectivity index (χ3v) is 1.53. The van der Waals surface area contributed by atoms with E-state index in [-0.39, 0.29) is 23.9 Å². The predicted molar refractivity (Wildman–Crippen MR) is 35.2 cm³/mol. The summed E-state index contributed by atoms with van der Waals surface area (Å²) in [5.74, 6) is -0.494. The zero-order chi connectivity index (χ0) is 7.72. The van der Waals surface area contributed by atoms with Crippen molar-refractivity contribution in [3.05, 3.63) is 0 Å². The monoisotopic (exact) mass is 142 g/mol. The van der Waals surface area contributed by atoms with E-state index < -0.39 is 0 Å². The minimum Gasteiger partial charge on any atom is -0.295 e. The lowest BCUT2D eigenvalue weighted by molar-refractivity contribution is -0.136. The van der Waals surface area contributed by atoms with E-state index in [0.717, 1.165) is 0 Å². The maximum atomic E-state index is 10.8. The van der Waals surface area contributed by atoms with Crippen molar-refractivity contribution in [3.63, 3.8) is 0 Å². The van der Waals surface area contributed by atoms with Gasteiger partial charge in [0.05, 0.1) is 12.1 Å². The molecule has 0 bridgehead atoms. The summed E-state index contributed by atoms with van der Waals surface area (Å²) in [4.78, 5) is 21.5. The fourth-order valence-corrected chi connectivity index (χ4v) is 0.864. The van der Waals surface area contributed by atoms with Crippen molar-refractivity contribution in [2.45, 2.75) is 25.9 Å². The Hall–Kier alpha value is -0.900. The van der Waals surface area contributed by atoms with Gasteiger partial charge in [-0.15, -0.1) is 0 Å². The number of rotatable bonds is 0. The number of piperazine rings is 1. The Labute approximate surface area is 59.0 Å². The Bertz CT molecular complexity index is 161. The highest BCUT2D eigenvalue weighted by Crippen LogP contribution is 1.94. The van der Waals surface area contributed by atoms with E-state index in [2.05, 4.69) is 10.6 Å². The normalized spacial score (nSPS) is 33.8. The molecule has 10 heavy (non-hydrogen) atoms. The van der Waals surface area contributed by atoms with Gasteiger partial charge >= 0.3 is 0 Å². The minimum absolute atomic E-state index is 0.247. The first-order chi connectivity index (χ1) is 4.61. The molecule has 2 amide bonds.